The quantitative estimate of drug-likeness (QED) is 0.463. The zero-order valence-corrected chi connectivity index (χ0v) is 11.2. The molecule has 1 rings (SSSR count). The van der Waals surface area contributed by atoms with Gasteiger partial charge in [0.15, 0.2) is 5.75 Å². The van der Waals surface area contributed by atoms with E-state index in [-0.39, 0.29) is 29.8 Å². The molecule has 0 aliphatic carbocycles. The fourth-order valence-electron chi connectivity index (χ4n) is 1.38. The standard InChI is InChI=1S/C11H15N3O4.ClH/c1-18-10-7-8(3-4-9(10)14(16)17)11(15)13-6-2-5-12;/h3-4,7H,2,5-6,12H2,1H3,(H,13,15);1H. The van der Waals surface area contributed by atoms with E-state index in [2.05, 4.69) is 5.32 Å². The van der Waals surface area contributed by atoms with E-state index in [4.69, 9.17) is 10.5 Å². The van der Waals surface area contributed by atoms with Gasteiger partial charge in [0.25, 0.3) is 5.91 Å². The molecule has 106 valence electrons. The molecule has 7 nitrogen and oxygen atoms in total. The molecular weight excluding hydrogens is 274 g/mol. The van der Waals surface area contributed by atoms with Gasteiger partial charge < -0.3 is 15.8 Å². The summed E-state index contributed by atoms with van der Waals surface area (Å²) in [4.78, 5) is 21.8. The zero-order chi connectivity index (χ0) is 13.5. The summed E-state index contributed by atoms with van der Waals surface area (Å²) in [6.45, 7) is 0.957. The Morgan fingerprint density at radius 3 is 2.74 bits per heavy atom. The zero-order valence-electron chi connectivity index (χ0n) is 10.4. The highest BCUT2D eigenvalue weighted by atomic mass is 35.5. The number of hydrogen-bond donors (Lipinski definition) is 2. The monoisotopic (exact) mass is 289 g/mol. The fourth-order valence-corrected chi connectivity index (χ4v) is 1.38. The summed E-state index contributed by atoms with van der Waals surface area (Å²) in [5.74, 6) is -0.247. The summed E-state index contributed by atoms with van der Waals surface area (Å²) in [6.07, 6.45) is 0.676. The fraction of sp³-hybridized carbons (Fsp3) is 0.364. The molecule has 0 radical (unpaired) electrons. The minimum absolute atomic E-state index is 0. The van der Waals surface area contributed by atoms with Gasteiger partial charge in [0, 0.05) is 24.2 Å². The number of ether oxygens (including phenoxy) is 1. The molecule has 0 aromatic heterocycles. The number of nitro benzene ring substituents is 1. The van der Waals surface area contributed by atoms with Crippen LogP contribution in [0.15, 0.2) is 18.2 Å². The molecule has 0 heterocycles. The van der Waals surface area contributed by atoms with Gasteiger partial charge in [-0.3, -0.25) is 14.9 Å². The highest BCUT2D eigenvalue weighted by Crippen LogP contribution is 2.27. The smallest absolute Gasteiger partial charge is 0.310 e. The Kier molecular flexibility index (Phi) is 7.47. The number of nitrogens with one attached hydrogen (secondary N) is 1. The summed E-state index contributed by atoms with van der Waals surface area (Å²) in [6, 6.07) is 3.98. The number of halogens is 1. The van der Waals surface area contributed by atoms with E-state index in [1.165, 1.54) is 25.3 Å². The van der Waals surface area contributed by atoms with Crippen LogP contribution in [-0.2, 0) is 0 Å². The Labute approximate surface area is 116 Å². The Morgan fingerprint density at radius 2 is 2.21 bits per heavy atom. The van der Waals surface area contributed by atoms with Gasteiger partial charge in [0.2, 0.25) is 0 Å². The van der Waals surface area contributed by atoms with Crippen molar-refractivity contribution in [2.75, 3.05) is 20.2 Å². The first-order valence-corrected chi connectivity index (χ1v) is 5.41. The number of nitrogens with two attached hydrogens (primary N) is 1. The van der Waals surface area contributed by atoms with Crippen molar-refractivity contribution in [2.45, 2.75) is 6.42 Å². The summed E-state index contributed by atoms with van der Waals surface area (Å²) < 4.78 is 4.88. The molecule has 0 fully saturated rings. The number of nitro groups is 1. The highest BCUT2D eigenvalue weighted by Gasteiger charge is 2.17. The molecule has 0 atom stereocenters. The second-order valence-electron chi connectivity index (χ2n) is 3.54. The van der Waals surface area contributed by atoms with Crippen molar-refractivity contribution in [3.05, 3.63) is 33.9 Å². The molecule has 1 amide bonds. The number of rotatable bonds is 6. The largest absolute Gasteiger partial charge is 0.490 e. The van der Waals surface area contributed by atoms with Crippen molar-refractivity contribution in [2.24, 2.45) is 5.73 Å². The Morgan fingerprint density at radius 1 is 1.53 bits per heavy atom. The number of carbonyl (C=O) groups excluding carboxylic acids is 1. The van der Waals surface area contributed by atoms with Gasteiger partial charge in [-0.05, 0) is 19.0 Å². The minimum atomic E-state index is -0.561. The third-order valence-corrected chi connectivity index (χ3v) is 2.31. The predicted octanol–water partition coefficient (Wildman–Crippen LogP) is 1.10. The number of hydrogen-bond acceptors (Lipinski definition) is 5. The van der Waals surface area contributed by atoms with Gasteiger partial charge in [-0.2, -0.15) is 0 Å². The van der Waals surface area contributed by atoms with E-state index < -0.39 is 4.92 Å². The lowest BCUT2D eigenvalue weighted by atomic mass is 10.1. The van der Waals surface area contributed by atoms with Crippen LogP contribution in [0.1, 0.15) is 16.8 Å². The molecule has 1 aromatic carbocycles. The van der Waals surface area contributed by atoms with Gasteiger partial charge in [-0.25, -0.2) is 0 Å². The van der Waals surface area contributed by atoms with Crippen LogP contribution < -0.4 is 15.8 Å². The lowest BCUT2D eigenvalue weighted by Crippen LogP contribution is -2.25. The Balaban J connectivity index is 0.00000324. The maximum absolute atomic E-state index is 11.7. The van der Waals surface area contributed by atoms with E-state index in [9.17, 15) is 14.9 Å². The highest BCUT2D eigenvalue weighted by molar-refractivity contribution is 5.95. The molecule has 0 unspecified atom stereocenters. The number of amides is 1. The van der Waals surface area contributed by atoms with Crippen molar-refractivity contribution in [1.82, 2.24) is 5.32 Å². The first-order valence-electron chi connectivity index (χ1n) is 5.41. The van der Waals surface area contributed by atoms with Gasteiger partial charge in [0.1, 0.15) is 0 Å². The lowest BCUT2D eigenvalue weighted by molar-refractivity contribution is -0.385. The third-order valence-electron chi connectivity index (χ3n) is 2.31. The van der Waals surface area contributed by atoms with Gasteiger partial charge >= 0.3 is 5.69 Å². The summed E-state index contributed by atoms with van der Waals surface area (Å²) >= 11 is 0. The molecule has 0 bridgehead atoms. The third kappa shape index (κ3) is 4.72. The Bertz CT molecular complexity index is 454. The molecule has 0 aliphatic heterocycles. The number of nitrogens with zero attached hydrogens (tertiary/aromatic N) is 1. The van der Waals surface area contributed by atoms with E-state index >= 15 is 0 Å². The van der Waals surface area contributed by atoms with Crippen molar-refractivity contribution in [3.8, 4) is 5.75 Å². The SMILES string of the molecule is COc1cc(C(=O)NCCCN)ccc1[N+](=O)[O-].Cl. The van der Waals surface area contributed by atoms with Crippen molar-refractivity contribution in [3.63, 3.8) is 0 Å². The molecule has 8 heteroatoms. The van der Waals surface area contributed by atoms with Crippen LogP contribution >= 0.6 is 12.4 Å². The van der Waals surface area contributed by atoms with E-state index in [1.807, 2.05) is 0 Å². The van der Waals surface area contributed by atoms with Crippen LogP contribution in [0.5, 0.6) is 5.75 Å². The molecule has 0 aliphatic rings. The summed E-state index contributed by atoms with van der Waals surface area (Å²) in [7, 11) is 1.32. The van der Waals surface area contributed by atoms with Crippen LogP contribution in [0.4, 0.5) is 5.69 Å². The Hall–Kier alpha value is -1.86. The van der Waals surface area contributed by atoms with E-state index in [0.29, 0.717) is 25.1 Å². The molecule has 19 heavy (non-hydrogen) atoms. The first-order chi connectivity index (χ1) is 8.60. The van der Waals surface area contributed by atoms with E-state index in [1.54, 1.807) is 0 Å². The molecule has 0 spiro atoms. The lowest BCUT2D eigenvalue weighted by Gasteiger charge is -2.06. The molecular formula is C11H16ClN3O4. The maximum Gasteiger partial charge on any atom is 0.310 e. The topological polar surface area (TPSA) is 107 Å². The van der Waals surface area contributed by atoms with Gasteiger partial charge in [0.05, 0.1) is 12.0 Å². The number of methoxy groups -OCH3 is 1. The van der Waals surface area contributed by atoms with Crippen molar-refractivity contribution < 1.29 is 14.5 Å². The number of carbonyl (C=O) groups is 1. The van der Waals surface area contributed by atoms with E-state index in [0.717, 1.165) is 0 Å². The van der Waals surface area contributed by atoms with Crippen LogP contribution in [0.2, 0.25) is 0 Å². The summed E-state index contributed by atoms with van der Waals surface area (Å²) in [5, 5.41) is 13.3. The summed E-state index contributed by atoms with van der Waals surface area (Å²) in [5.41, 5.74) is 5.45. The van der Waals surface area contributed by atoms with Gasteiger partial charge in [-0.15, -0.1) is 12.4 Å². The minimum Gasteiger partial charge on any atom is -0.490 e. The molecule has 0 saturated heterocycles. The second kappa shape index (κ2) is 8.28. The second-order valence-corrected chi connectivity index (χ2v) is 3.54. The first kappa shape index (κ1) is 17.1. The normalized spacial score (nSPS) is 9.37. The average molecular weight is 290 g/mol. The van der Waals surface area contributed by atoms with Crippen LogP contribution in [-0.4, -0.2) is 31.0 Å². The molecule has 0 saturated carbocycles. The maximum atomic E-state index is 11.7. The van der Waals surface area contributed by atoms with Crippen LogP contribution in [0.3, 0.4) is 0 Å². The van der Waals surface area contributed by atoms with Crippen molar-refractivity contribution in [1.29, 1.82) is 0 Å². The predicted molar refractivity (Wildman–Crippen MR) is 72.9 cm³/mol. The van der Waals surface area contributed by atoms with Crippen LogP contribution in [0, 0.1) is 10.1 Å². The van der Waals surface area contributed by atoms with Gasteiger partial charge in [-0.1, -0.05) is 0 Å². The number of benzene rings is 1. The van der Waals surface area contributed by atoms with Crippen LogP contribution in [0.25, 0.3) is 0 Å². The van der Waals surface area contributed by atoms with Crippen molar-refractivity contribution >= 4 is 24.0 Å². The molecule has 1 aromatic rings. The average Bonchev–Trinajstić information content (AvgIpc) is 2.37. The molecule has 3 N–H and O–H groups in total.